The third-order valence-corrected chi connectivity index (χ3v) is 5.37. The van der Waals surface area contributed by atoms with Gasteiger partial charge in [-0.3, -0.25) is 9.20 Å². The summed E-state index contributed by atoms with van der Waals surface area (Å²) in [5, 5.41) is 9.08. The van der Waals surface area contributed by atoms with E-state index in [0.29, 0.717) is 28.2 Å². The maximum atomic E-state index is 13.6. The lowest BCUT2D eigenvalue weighted by molar-refractivity contribution is 0.0175. The largest absolute Gasteiger partial charge is 0.310 e. The molecule has 0 bridgehead atoms. The normalized spacial score (nSPS) is 11.4. The van der Waals surface area contributed by atoms with Crippen LogP contribution in [0.1, 0.15) is 28.5 Å². The van der Waals surface area contributed by atoms with Crippen molar-refractivity contribution in [2.45, 2.75) is 12.8 Å². The number of fused-ring (bicyclic) bond motifs is 1. The van der Waals surface area contributed by atoms with Crippen LogP contribution in [-0.2, 0) is 5.92 Å². The molecule has 0 aliphatic heterocycles. The van der Waals surface area contributed by atoms with Crippen molar-refractivity contribution < 1.29 is 13.6 Å². The zero-order valence-corrected chi connectivity index (χ0v) is 17.8. The minimum absolute atomic E-state index is 0.144. The molecule has 4 rings (SSSR count). The number of carbonyl (C=O) groups is 1. The van der Waals surface area contributed by atoms with Crippen molar-refractivity contribution in [3.05, 3.63) is 82.9 Å². The number of alkyl halides is 2. The number of hydrogen-bond donors (Lipinski definition) is 0. The minimum atomic E-state index is -3.01. The van der Waals surface area contributed by atoms with Crippen LogP contribution in [-0.4, -0.2) is 27.3 Å². The molecule has 9 heteroatoms. The number of halogens is 3. The van der Waals surface area contributed by atoms with Gasteiger partial charge in [0.2, 0.25) is 0 Å². The molecule has 32 heavy (non-hydrogen) atoms. The number of nitrogens with zero attached hydrogens (tertiary/aromatic N) is 5. The van der Waals surface area contributed by atoms with Gasteiger partial charge in [0.1, 0.15) is 5.69 Å². The van der Waals surface area contributed by atoms with E-state index in [9.17, 15) is 13.6 Å². The molecular weight excluding hydrogens is 436 g/mol. The van der Waals surface area contributed by atoms with E-state index in [2.05, 4.69) is 9.97 Å². The number of benzene rings is 2. The van der Waals surface area contributed by atoms with Crippen LogP contribution in [0.5, 0.6) is 0 Å². The number of carbonyl (C=O) groups excluding carboxylic acids is 1. The Kier molecular flexibility index (Phi) is 5.36. The van der Waals surface area contributed by atoms with Gasteiger partial charge < -0.3 is 4.90 Å². The molecule has 1 amide bonds. The number of imidazole rings is 1. The van der Waals surface area contributed by atoms with Crippen LogP contribution in [0.2, 0.25) is 5.02 Å². The Morgan fingerprint density at radius 2 is 1.88 bits per heavy atom. The molecule has 0 N–H and O–H groups in total. The van der Waals surface area contributed by atoms with Crippen LogP contribution < -0.4 is 4.90 Å². The van der Waals surface area contributed by atoms with Gasteiger partial charge in [0, 0.05) is 37.0 Å². The molecule has 4 aromatic rings. The molecule has 0 atom stereocenters. The van der Waals surface area contributed by atoms with Gasteiger partial charge in [-0.1, -0.05) is 23.7 Å². The lowest BCUT2D eigenvalue weighted by Gasteiger charge is -2.17. The fraction of sp³-hybridized carbons (Fsp3) is 0.130. The van der Waals surface area contributed by atoms with Crippen molar-refractivity contribution >= 4 is 28.8 Å². The highest BCUT2D eigenvalue weighted by Crippen LogP contribution is 2.34. The van der Waals surface area contributed by atoms with Gasteiger partial charge in [-0.25, -0.2) is 18.7 Å². The topological polar surface area (TPSA) is 74.3 Å². The predicted octanol–water partition coefficient (Wildman–Crippen LogP) is 5.31. The second-order valence-corrected chi connectivity index (χ2v) is 7.66. The number of anilines is 1. The maximum absolute atomic E-state index is 13.6. The quantitative estimate of drug-likeness (QED) is 0.421. The van der Waals surface area contributed by atoms with Gasteiger partial charge in [-0.05, 0) is 30.3 Å². The van der Waals surface area contributed by atoms with Crippen LogP contribution in [0.4, 0.5) is 14.5 Å². The number of hydrogen-bond acceptors (Lipinski definition) is 4. The van der Waals surface area contributed by atoms with E-state index in [1.54, 1.807) is 41.9 Å². The Bertz CT molecular complexity index is 1370. The molecule has 2 heterocycles. The summed E-state index contributed by atoms with van der Waals surface area (Å²) in [7, 11) is 1.60. The Balaban J connectivity index is 1.71. The molecule has 0 radical (unpaired) electrons. The summed E-state index contributed by atoms with van der Waals surface area (Å²) in [4.78, 5) is 22.9. The van der Waals surface area contributed by atoms with Crippen molar-refractivity contribution in [1.29, 1.82) is 5.26 Å². The van der Waals surface area contributed by atoms with Gasteiger partial charge in [0.25, 0.3) is 11.8 Å². The maximum Gasteiger partial charge on any atom is 0.278 e. The van der Waals surface area contributed by atoms with Crippen LogP contribution in [0.3, 0.4) is 0 Å². The van der Waals surface area contributed by atoms with Crippen LogP contribution in [0.25, 0.3) is 16.9 Å². The second-order valence-electron chi connectivity index (χ2n) is 7.25. The third-order valence-electron chi connectivity index (χ3n) is 5.06. The number of aromatic nitrogens is 3. The summed E-state index contributed by atoms with van der Waals surface area (Å²) in [5.74, 6) is -3.38. The summed E-state index contributed by atoms with van der Waals surface area (Å²) in [6, 6.07) is 12.6. The highest BCUT2D eigenvalue weighted by atomic mass is 35.5. The summed E-state index contributed by atoms with van der Waals surface area (Å²) in [6.45, 7) is 0.806. The first kappa shape index (κ1) is 21.4. The minimum Gasteiger partial charge on any atom is -0.310 e. The number of amides is 1. The van der Waals surface area contributed by atoms with Crippen LogP contribution in [0, 0.1) is 11.3 Å². The first-order valence-electron chi connectivity index (χ1n) is 9.48. The van der Waals surface area contributed by atoms with Gasteiger partial charge in [0.05, 0.1) is 34.7 Å². The molecule has 0 spiro atoms. The molecule has 2 aromatic heterocycles. The van der Waals surface area contributed by atoms with E-state index in [0.717, 1.165) is 6.92 Å². The number of nitriles is 1. The third kappa shape index (κ3) is 3.90. The predicted molar refractivity (Wildman–Crippen MR) is 117 cm³/mol. The summed E-state index contributed by atoms with van der Waals surface area (Å²) >= 11 is 6.30. The SMILES string of the molecule is CN(C(=O)c1cn2c(-c3ccc(C(C)(F)F)cc3Cl)cnc2cn1)c1ccc(C#N)cc1. The highest BCUT2D eigenvalue weighted by Gasteiger charge is 2.25. The molecular formula is C23H16ClF2N5O. The second kappa shape index (κ2) is 8.02. The monoisotopic (exact) mass is 451 g/mol. The zero-order chi connectivity index (χ0) is 23.0. The molecule has 0 saturated heterocycles. The van der Waals surface area contributed by atoms with Gasteiger partial charge >= 0.3 is 0 Å². The van der Waals surface area contributed by atoms with Crippen LogP contribution in [0.15, 0.2) is 61.1 Å². The fourth-order valence-corrected chi connectivity index (χ4v) is 3.52. The lowest BCUT2D eigenvalue weighted by Crippen LogP contribution is -2.27. The average Bonchev–Trinajstić information content (AvgIpc) is 3.20. The van der Waals surface area contributed by atoms with Gasteiger partial charge in [-0.15, -0.1) is 0 Å². The lowest BCUT2D eigenvalue weighted by atomic mass is 10.1. The molecule has 0 aliphatic carbocycles. The van der Waals surface area contributed by atoms with Crippen molar-refractivity contribution in [2.75, 3.05) is 11.9 Å². The number of rotatable bonds is 4. The molecule has 2 aromatic carbocycles. The standard InChI is InChI=1S/C23H16ClF2N5O/c1-23(25,26)15-5-8-17(18(24)9-15)20-11-29-21-12-28-19(13-31(20)21)22(32)30(2)16-6-3-14(10-27)4-7-16/h3-9,11-13H,1-2H3. The van der Waals surface area contributed by atoms with Crippen molar-refractivity contribution in [1.82, 2.24) is 14.4 Å². The summed E-state index contributed by atoms with van der Waals surface area (Å²) in [5.41, 5.74) is 2.55. The van der Waals surface area contributed by atoms with Crippen molar-refractivity contribution in [3.63, 3.8) is 0 Å². The molecule has 0 saturated carbocycles. The fourth-order valence-electron chi connectivity index (χ4n) is 3.24. The smallest absolute Gasteiger partial charge is 0.278 e. The first-order valence-corrected chi connectivity index (χ1v) is 9.86. The van der Waals surface area contributed by atoms with E-state index >= 15 is 0 Å². The first-order chi connectivity index (χ1) is 15.2. The van der Waals surface area contributed by atoms with E-state index in [4.69, 9.17) is 16.9 Å². The molecule has 6 nitrogen and oxygen atoms in total. The molecule has 0 fully saturated rings. The Morgan fingerprint density at radius 1 is 1.16 bits per heavy atom. The Morgan fingerprint density at radius 3 is 2.50 bits per heavy atom. The molecule has 160 valence electrons. The highest BCUT2D eigenvalue weighted by molar-refractivity contribution is 6.33. The van der Waals surface area contributed by atoms with E-state index in [-0.39, 0.29) is 22.2 Å². The average molecular weight is 452 g/mol. The Hall–Kier alpha value is -3.83. The van der Waals surface area contributed by atoms with Gasteiger partial charge in [-0.2, -0.15) is 5.26 Å². The zero-order valence-electron chi connectivity index (χ0n) is 17.1. The molecule has 0 aliphatic rings. The van der Waals surface area contributed by atoms with Gasteiger partial charge in [0.15, 0.2) is 5.65 Å². The van der Waals surface area contributed by atoms with E-state index in [1.807, 2.05) is 6.07 Å². The summed E-state index contributed by atoms with van der Waals surface area (Å²) in [6.07, 6.45) is 4.52. The molecule has 0 unspecified atom stereocenters. The van der Waals surface area contributed by atoms with E-state index < -0.39 is 5.92 Å². The van der Waals surface area contributed by atoms with Crippen molar-refractivity contribution in [3.8, 4) is 17.3 Å². The van der Waals surface area contributed by atoms with Crippen LogP contribution >= 0.6 is 11.6 Å². The van der Waals surface area contributed by atoms with E-state index in [1.165, 1.54) is 35.5 Å². The van der Waals surface area contributed by atoms with Crippen molar-refractivity contribution in [2.24, 2.45) is 0 Å². The summed E-state index contributed by atoms with van der Waals surface area (Å²) < 4.78 is 28.9. The Labute approximate surface area is 187 Å².